The zero-order valence-electron chi connectivity index (χ0n) is 19.2. The van der Waals surface area contributed by atoms with E-state index < -0.39 is 0 Å². The molecule has 2 heterocycles. The lowest BCUT2D eigenvalue weighted by atomic mass is 9.94. The molecular weight excluding hydrogens is 401 g/mol. The van der Waals surface area contributed by atoms with Gasteiger partial charge in [0.2, 0.25) is 5.91 Å². The molecule has 2 fully saturated rings. The highest BCUT2D eigenvalue weighted by atomic mass is 19.1. The molecule has 5 heteroatoms. The maximum absolute atomic E-state index is 13.6. The van der Waals surface area contributed by atoms with Gasteiger partial charge in [0.25, 0.3) is 0 Å². The van der Waals surface area contributed by atoms with Crippen molar-refractivity contribution in [2.24, 2.45) is 0 Å². The molecule has 0 radical (unpaired) electrons. The third-order valence-electron chi connectivity index (χ3n) is 7.66. The van der Waals surface area contributed by atoms with Crippen molar-refractivity contribution in [1.29, 1.82) is 0 Å². The number of fused-ring (bicyclic) bond motifs is 1. The number of halogens is 1. The van der Waals surface area contributed by atoms with Gasteiger partial charge in [-0.1, -0.05) is 37.1 Å². The molecule has 0 unspecified atom stereocenters. The van der Waals surface area contributed by atoms with Gasteiger partial charge in [0.1, 0.15) is 5.82 Å². The second-order valence-electron chi connectivity index (χ2n) is 9.76. The van der Waals surface area contributed by atoms with Crippen molar-refractivity contribution in [3.63, 3.8) is 0 Å². The summed E-state index contributed by atoms with van der Waals surface area (Å²) in [6, 6.07) is 12.6. The molecule has 4 nitrogen and oxygen atoms in total. The summed E-state index contributed by atoms with van der Waals surface area (Å²) < 4.78 is 13.6. The van der Waals surface area contributed by atoms with Crippen molar-refractivity contribution in [3.05, 3.63) is 58.9 Å². The van der Waals surface area contributed by atoms with E-state index in [4.69, 9.17) is 0 Å². The molecule has 170 valence electrons. The molecule has 5 rings (SSSR count). The van der Waals surface area contributed by atoms with Crippen molar-refractivity contribution >= 4 is 5.91 Å². The number of rotatable bonds is 4. The van der Waals surface area contributed by atoms with E-state index in [1.807, 2.05) is 12.1 Å². The molecule has 1 saturated carbocycles. The molecule has 1 saturated heterocycles. The number of carbonyl (C=O) groups is 1. The van der Waals surface area contributed by atoms with Crippen LogP contribution in [0.15, 0.2) is 36.4 Å². The third kappa shape index (κ3) is 4.60. The topological polar surface area (TPSA) is 26.8 Å². The fraction of sp³-hybridized carbons (Fsp3) is 0.519. The molecule has 0 spiro atoms. The highest BCUT2D eigenvalue weighted by Gasteiger charge is 2.29. The number of nitrogens with zero attached hydrogens (tertiary/aromatic N) is 3. The van der Waals surface area contributed by atoms with Crippen LogP contribution in [0.5, 0.6) is 0 Å². The first-order valence-electron chi connectivity index (χ1n) is 12.2. The fourth-order valence-electron chi connectivity index (χ4n) is 5.65. The van der Waals surface area contributed by atoms with E-state index >= 15 is 0 Å². The van der Waals surface area contributed by atoms with E-state index in [0.29, 0.717) is 12.1 Å². The molecule has 2 aliphatic heterocycles. The molecule has 2 aromatic rings. The van der Waals surface area contributed by atoms with Crippen LogP contribution in [0.25, 0.3) is 11.1 Å². The molecule has 0 atom stereocenters. The quantitative estimate of drug-likeness (QED) is 0.719. The van der Waals surface area contributed by atoms with Crippen LogP contribution >= 0.6 is 0 Å². The lowest BCUT2D eigenvalue weighted by Crippen LogP contribution is -2.53. The average Bonchev–Trinajstić information content (AvgIpc) is 3.36. The number of piperazine rings is 1. The number of hydrogen-bond acceptors (Lipinski definition) is 3. The summed E-state index contributed by atoms with van der Waals surface area (Å²) in [5.41, 5.74) is 5.52. The Kier molecular flexibility index (Phi) is 6.29. The zero-order valence-corrected chi connectivity index (χ0v) is 19.2. The Balaban J connectivity index is 1.17. The SMILES string of the molecule is Cc1cc(-c2ccc3c(c2)CCN(CC(=O)N2CCN(C4CCCC4)CC2)C3)ccc1F. The number of benzene rings is 2. The highest BCUT2D eigenvalue weighted by molar-refractivity contribution is 5.78. The predicted octanol–water partition coefficient (Wildman–Crippen LogP) is 4.25. The Bertz CT molecular complexity index is 977. The predicted molar refractivity (Wildman–Crippen MR) is 126 cm³/mol. The second-order valence-corrected chi connectivity index (χ2v) is 9.76. The number of carbonyl (C=O) groups excluding carboxylic acids is 1. The summed E-state index contributed by atoms with van der Waals surface area (Å²) in [4.78, 5) is 19.9. The lowest BCUT2D eigenvalue weighted by molar-refractivity contribution is -0.134. The van der Waals surface area contributed by atoms with Gasteiger partial charge in [-0.25, -0.2) is 4.39 Å². The van der Waals surface area contributed by atoms with Gasteiger partial charge < -0.3 is 4.90 Å². The Morgan fingerprint density at radius 3 is 2.41 bits per heavy atom. The van der Waals surface area contributed by atoms with Crippen LogP contribution in [0.1, 0.15) is 42.4 Å². The standard InChI is InChI=1S/C27H34FN3O/c1-20-16-21(8-9-26(20)28)22-6-7-24-18-29(11-10-23(24)17-22)19-27(32)31-14-12-30(13-15-31)25-4-2-3-5-25/h6-9,16-17,25H,2-5,10-15,18-19H2,1H3. The molecule has 3 aliphatic rings. The van der Waals surface area contributed by atoms with Crippen LogP contribution in [0.2, 0.25) is 0 Å². The summed E-state index contributed by atoms with van der Waals surface area (Å²) in [7, 11) is 0. The summed E-state index contributed by atoms with van der Waals surface area (Å²) in [6.45, 7) is 7.87. The molecule has 0 bridgehead atoms. The van der Waals surface area contributed by atoms with Gasteiger partial charge in [0.15, 0.2) is 0 Å². The van der Waals surface area contributed by atoms with Crippen LogP contribution in [0, 0.1) is 12.7 Å². The molecule has 1 aliphatic carbocycles. The maximum atomic E-state index is 13.6. The van der Waals surface area contributed by atoms with Crippen molar-refractivity contribution in [3.8, 4) is 11.1 Å². The van der Waals surface area contributed by atoms with Crippen LogP contribution in [0.3, 0.4) is 0 Å². The van der Waals surface area contributed by atoms with Gasteiger partial charge in [0.05, 0.1) is 6.54 Å². The van der Waals surface area contributed by atoms with Crippen molar-refractivity contribution in [2.45, 2.75) is 51.6 Å². The van der Waals surface area contributed by atoms with E-state index in [1.54, 1.807) is 13.0 Å². The van der Waals surface area contributed by atoms with Gasteiger partial charge in [-0.3, -0.25) is 14.6 Å². The molecule has 2 aromatic carbocycles. The van der Waals surface area contributed by atoms with E-state index in [2.05, 4.69) is 32.9 Å². The van der Waals surface area contributed by atoms with Gasteiger partial charge in [0, 0.05) is 45.3 Å². The highest BCUT2D eigenvalue weighted by Crippen LogP contribution is 2.28. The van der Waals surface area contributed by atoms with Gasteiger partial charge >= 0.3 is 0 Å². The van der Waals surface area contributed by atoms with Crippen molar-refractivity contribution in [2.75, 3.05) is 39.3 Å². The fourth-order valence-corrected chi connectivity index (χ4v) is 5.65. The average molecular weight is 436 g/mol. The summed E-state index contributed by atoms with van der Waals surface area (Å²) in [6.07, 6.45) is 6.36. The van der Waals surface area contributed by atoms with Gasteiger partial charge in [-0.2, -0.15) is 0 Å². The van der Waals surface area contributed by atoms with Crippen LogP contribution in [-0.2, 0) is 17.8 Å². The van der Waals surface area contributed by atoms with E-state index in [1.165, 1.54) is 36.8 Å². The Morgan fingerprint density at radius 2 is 1.66 bits per heavy atom. The molecule has 0 N–H and O–H groups in total. The first-order valence-corrected chi connectivity index (χ1v) is 12.2. The number of aryl methyl sites for hydroxylation is 1. The van der Waals surface area contributed by atoms with E-state index in [9.17, 15) is 9.18 Å². The summed E-state index contributed by atoms with van der Waals surface area (Å²) in [5.74, 6) is 0.116. The minimum Gasteiger partial charge on any atom is -0.339 e. The lowest BCUT2D eigenvalue weighted by Gasteiger charge is -2.39. The zero-order chi connectivity index (χ0) is 22.1. The molecule has 32 heavy (non-hydrogen) atoms. The van der Waals surface area contributed by atoms with E-state index in [-0.39, 0.29) is 11.7 Å². The molecule has 1 amide bonds. The summed E-state index contributed by atoms with van der Waals surface area (Å²) in [5, 5.41) is 0. The second kappa shape index (κ2) is 9.32. The van der Waals surface area contributed by atoms with Crippen molar-refractivity contribution in [1.82, 2.24) is 14.7 Å². The van der Waals surface area contributed by atoms with Gasteiger partial charge in [-0.05, 0) is 66.1 Å². The third-order valence-corrected chi connectivity index (χ3v) is 7.66. The minimum absolute atomic E-state index is 0.160. The van der Waals surface area contributed by atoms with Gasteiger partial charge in [-0.15, -0.1) is 0 Å². The Morgan fingerprint density at radius 1 is 0.938 bits per heavy atom. The molecule has 0 aromatic heterocycles. The number of hydrogen-bond donors (Lipinski definition) is 0. The van der Waals surface area contributed by atoms with E-state index in [0.717, 1.165) is 62.9 Å². The first-order chi connectivity index (χ1) is 15.6. The first kappa shape index (κ1) is 21.6. The number of amides is 1. The Hall–Kier alpha value is -2.24. The summed E-state index contributed by atoms with van der Waals surface area (Å²) >= 11 is 0. The van der Waals surface area contributed by atoms with Crippen LogP contribution in [0.4, 0.5) is 4.39 Å². The van der Waals surface area contributed by atoms with Crippen molar-refractivity contribution < 1.29 is 9.18 Å². The minimum atomic E-state index is -0.160. The normalized spacial score (nSPS) is 20.5. The molecular formula is C27H34FN3O. The maximum Gasteiger partial charge on any atom is 0.236 e. The Labute approximate surface area is 191 Å². The monoisotopic (exact) mass is 435 g/mol. The van der Waals surface area contributed by atoms with Crippen LogP contribution < -0.4 is 0 Å². The largest absolute Gasteiger partial charge is 0.339 e. The smallest absolute Gasteiger partial charge is 0.236 e. The van der Waals surface area contributed by atoms with Crippen LogP contribution in [-0.4, -0.2) is 65.9 Å².